The van der Waals surface area contributed by atoms with Crippen molar-refractivity contribution >= 4 is 0 Å². The van der Waals surface area contributed by atoms with Crippen LogP contribution in [-0.2, 0) is 11.4 Å². The van der Waals surface area contributed by atoms with Crippen LogP contribution in [0.15, 0.2) is 48.9 Å². The van der Waals surface area contributed by atoms with Crippen molar-refractivity contribution in [1.82, 2.24) is 20.1 Å². The maximum Gasteiger partial charge on any atom is 0.109 e. The summed E-state index contributed by atoms with van der Waals surface area (Å²) in [4.78, 5) is 5.70. The molecule has 1 unspecified atom stereocenters. The van der Waals surface area contributed by atoms with Crippen molar-refractivity contribution in [2.24, 2.45) is 0 Å². The van der Waals surface area contributed by atoms with E-state index < -0.39 is 0 Å². The van der Waals surface area contributed by atoms with Crippen LogP contribution in [0.2, 0.25) is 0 Å². The van der Waals surface area contributed by atoms with Crippen molar-refractivity contribution in [3.8, 4) is 0 Å². The first-order valence-electron chi connectivity index (χ1n) is 7.53. The van der Waals surface area contributed by atoms with E-state index in [2.05, 4.69) is 45.7 Å². The lowest BCUT2D eigenvalue weighted by atomic mass is 9.85. The van der Waals surface area contributed by atoms with Gasteiger partial charge in [0, 0.05) is 0 Å². The maximum atomic E-state index is 9.06. The molecule has 4 rings (SSSR count). The number of nitrogens with zero attached hydrogens (tertiary/aromatic N) is 4. The van der Waals surface area contributed by atoms with E-state index in [1.165, 1.54) is 5.56 Å². The van der Waals surface area contributed by atoms with E-state index in [1.54, 1.807) is 6.26 Å². The molecule has 22 heavy (non-hydrogen) atoms. The lowest BCUT2D eigenvalue weighted by molar-refractivity contribution is -0.168. The van der Waals surface area contributed by atoms with E-state index >= 15 is 0 Å². The Kier molecular flexibility index (Phi) is 3.40. The third kappa shape index (κ3) is 2.30. The van der Waals surface area contributed by atoms with Gasteiger partial charge in [0.25, 0.3) is 0 Å². The summed E-state index contributed by atoms with van der Waals surface area (Å²) in [5.74, 6) is 0. The first kappa shape index (κ1) is 13.5. The molecule has 0 bridgehead atoms. The number of rotatable bonds is 4. The molecule has 6 heteroatoms. The van der Waals surface area contributed by atoms with Crippen LogP contribution in [0.4, 0.5) is 0 Å². The Morgan fingerprint density at radius 2 is 2.00 bits per heavy atom. The van der Waals surface area contributed by atoms with Crippen LogP contribution in [-0.4, -0.2) is 31.2 Å². The molecular weight excluding hydrogens is 280 g/mol. The highest BCUT2D eigenvalue weighted by atomic mass is 16.7. The molecule has 0 saturated heterocycles. The third-order valence-electron chi connectivity index (χ3n) is 4.40. The van der Waals surface area contributed by atoms with Gasteiger partial charge in [0.15, 0.2) is 0 Å². The summed E-state index contributed by atoms with van der Waals surface area (Å²) in [6.07, 6.45) is 7.61. The molecule has 1 aromatic carbocycles. The van der Waals surface area contributed by atoms with Crippen LogP contribution < -0.4 is 0 Å². The monoisotopic (exact) mass is 298 g/mol. The van der Waals surface area contributed by atoms with Crippen LogP contribution in [0.5, 0.6) is 0 Å². The Hall–Kier alpha value is -2.18. The number of aliphatic hydroxyl groups excluding tert-OH is 1. The number of benzene rings is 1. The molecule has 1 atom stereocenters. The molecule has 1 aliphatic carbocycles. The maximum absolute atomic E-state index is 9.06. The zero-order valence-corrected chi connectivity index (χ0v) is 12.1. The molecule has 1 N–H and O–H groups in total. The smallest absolute Gasteiger partial charge is 0.109 e. The van der Waals surface area contributed by atoms with E-state index in [0.717, 1.165) is 12.8 Å². The Labute approximate surface area is 128 Å². The minimum Gasteiger partial charge on any atom is -0.413 e. The van der Waals surface area contributed by atoms with E-state index in [9.17, 15) is 0 Å². The minimum atomic E-state index is -0.0641. The molecule has 2 aromatic rings. The molecule has 0 radical (unpaired) electrons. The summed E-state index contributed by atoms with van der Waals surface area (Å²) >= 11 is 0. The zero-order valence-electron chi connectivity index (χ0n) is 12.1. The van der Waals surface area contributed by atoms with Gasteiger partial charge in [-0.15, -0.1) is 10.2 Å². The largest absolute Gasteiger partial charge is 0.413 e. The van der Waals surface area contributed by atoms with Crippen LogP contribution in [0.3, 0.4) is 0 Å². The summed E-state index contributed by atoms with van der Waals surface area (Å²) in [6.45, 7) is -0.0641. The van der Waals surface area contributed by atoms with E-state index in [4.69, 9.17) is 9.94 Å². The quantitative estimate of drug-likeness (QED) is 0.935. The van der Waals surface area contributed by atoms with Gasteiger partial charge in [-0.1, -0.05) is 35.5 Å². The highest BCUT2D eigenvalue weighted by Crippen LogP contribution is 2.41. The molecule has 114 valence electrons. The number of hydroxylamine groups is 2. The van der Waals surface area contributed by atoms with Crippen molar-refractivity contribution in [3.63, 3.8) is 0 Å². The fraction of sp³-hybridized carbons (Fsp3) is 0.375. The van der Waals surface area contributed by atoms with Crippen molar-refractivity contribution in [2.45, 2.75) is 37.6 Å². The van der Waals surface area contributed by atoms with E-state index in [-0.39, 0.29) is 12.6 Å². The molecular formula is C16H18N4O2. The van der Waals surface area contributed by atoms with E-state index in [0.29, 0.717) is 17.8 Å². The molecule has 1 aromatic heterocycles. The molecule has 2 heterocycles. The van der Waals surface area contributed by atoms with Crippen LogP contribution >= 0.6 is 0 Å². The number of aliphatic hydroxyl groups is 1. The molecule has 1 saturated carbocycles. The second-order valence-corrected chi connectivity index (χ2v) is 5.78. The zero-order chi connectivity index (χ0) is 14.9. The normalized spacial score (nSPS) is 27.6. The standard InChI is InChI=1S/C16H18N4O2/c21-11-13-10-19(18-17-13)14-8-15(9-14)20-16(6-7-22-20)12-4-2-1-3-5-12/h1-7,10,14-16,21H,8-9,11H2. The highest BCUT2D eigenvalue weighted by Gasteiger charge is 2.41. The summed E-state index contributed by atoms with van der Waals surface area (Å²) in [7, 11) is 0. The van der Waals surface area contributed by atoms with Gasteiger partial charge < -0.3 is 9.94 Å². The lowest BCUT2D eigenvalue weighted by Crippen LogP contribution is -2.44. The van der Waals surface area contributed by atoms with Crippen molar-refractivity contribution in [1.29, 1.82) is 0 Å². The Morgan fingerprint density at radius 3 is 2.73 bits per heavy atom. The SMILES string of the molecule is OCc1cn(C2CC(N3OC=CC3c3ccccc3)C2)nn1. The van der Waals surface area contributed by atoms with Crippen molar-refractivity contribution < 1.29 is 9.94 Å². The Bertz CT molecular complexity index is 664. The minimum absolute atomic E-state index is 0.0641. The van der Waals surface area contributed by atoms with Gasteiger partial charge in [-0.05, 0) is 24.5 Å². The summed E-state index contributed by atoms with van der Waals surface area (Å²) < 4.78 is 1.85. The first-order chi connectivity index (χ1) is 10.8. The predicted octanol–water partition coefficient (Wildman–Crippen LogP) is 1.98. The Morgan fingerprint density at radius 1 is 1.18 bits per heavy atom. The summed E-state index contributed by atoms with van der Waals surface area (Å²) in [5, 5.41) is 19.1. The van der Waals surface area contributed by atoms with Gasteiger partial charge in [-0.3, -0.25) is 0 Å². The van der Waals surface area contributed by atoms with Crippen molar-refractivity contribution in [2.75, 3.05) is 0 Å². The fourth-order valence-electron chi connectivity index (χ4n) is 3.10. The molecule has 1 aliphatic heterocycles. The van der Waals surface area contributed by atoms with Crippen molar-refractivity contribution in [3.05, 3.63) is 60.1 Å². The number of hydrogen-bond acceptors (Lipinski definition) is 5. The van der Waals surface area contributed by atoms with Crippen LogP contribution in [0, 0.1) is 0 Å². The molecule has 6 nitrogen and oxygen atoms in total. The van der Waals surface area contributed by atoms with Gasteiger partial charge in [-0.25, -0.2) is 4.68 Å². The summed E-state index contributed by atoms with van der Waals surface area (Å²) in [6, 6.07) is 11.2. The molecule has 2 aliphatic rings. The number of hydrogen-bond donors (Lipinski definition) is 1. The average Bonchev–Trinajstić information content (AvgIpc) is 3.16. The molecule has 0 spiro atoms. The Balaban J connectivity index is 1.42. The second-order valence-electron chi connectivity index (χ2n) is 5.78. The van der Waals surface area contributed by atoms with Gasteiger partial charge in [0.05, 0.1) is 30.9 Å². The van der Waals surface area contributed by atoms with Gasteiger partial charge in [0.2, 0.25) is 0 Å². The van der Waals surface area contributed by atoms with Gasteiger partial charge >= 0.3 is 0 Å². The fourth-order valence-corrected chi connectivity index (χ4v) is 3.10. The van der Waals surface area contributed by atoms with Gasteiger partial charge in [-0.2, -0.15) is 0 Å². The molecule has 1 fully saturated rings. The highest BCUT2D eigenvalue weighted by molar-refractivity contribution is 5.24. The van der Waals surface area contributed by atoms with E-state index in [1.807, 2.05) is 16.9 Å². The lowest BCUT2D eigenvalue weighted by Gasteiger charge is -2.41. The summed E-state index contributed by atoms with van der Waals surface area (Å²) in [5.41, 5.74) is 1.85. The average molecular weight is 298 g/mol. The molecule has 0 amide bonds. The second kappa shape index (κ2) is 5.55. The first-order valence-corrected chi connectivity index (χ1v) is 7.53. The topological polar surface area (TPSA) is 63.4 Å². The third-order valence-corrected chi connectivity index (χ3v) is 4.40. The van der Waals surface area contributed by atoms with Crippen LogP contribution in [0.1, 0.15) is 36.2 Å². The van der Waals surface area contributed by atoms with Gasteiger partial charge in [0.1, 0.15) is 12.0 Å². The predicted molar refractivity (Wildman–Crippen MR) is 79.3 cm³/mol. The number of aromatic nitrogens is 3. The van der Waals surface area contributed by atoms with Crippen LogP contribution in [0.25, 0.3) is 0 Å².